The van der Waals surface area contributed by atoms with E-state index in [0.717, 1.165) is 0 Å². The SMILES string of the molecule is OC(F)(F)C(F)C(F)C(F)C(F)C(F)C(F)C(F)C(F)C(F)F. The summed E-state index contributed by atoms with van der Waals surface area (Å²) in [6.07, 6.45) is -42.6. The van der Waals surface area contributed by atoms with Crippen LogP contribution >= 0.6 is 0 Å². The van der Waals surface area contributed by atoms with E-state index in [1.807, 2.05) is 0 Å². The fourth-order valence-corrected chi connectivity index (χ4v) is 1.37. The molecule has 0 rings (SSSR count). The molecule has 0 saturated heterocycles. The van der Waals surface area contributed by atoms with Crippen molar-refractivity contribution in [2.75, 3.05) is 0 Å². The fraction of sp³-hybridized carbons (Fsp3) is 1.00. The minimum Gasteiger partial charge on any atom is -0.334 e. The van der Waals surface area contributed by atoms with E-state index >= 15 is 0 Å². The molecule has 0 aromatic carbocycles. The fourth-order valence-electron chi connectivity index (χ4n) is 1.37. The summed E-state index contributed by atoms with van der Waals surface area (Å²) in [7, 11) is 0. The summed E-state index contributed by atoms with van der Waals surface area (Å²) in [5.41, 5.74) is 0. The molecule has 0 aliphatic heterocycles. The second-order valence-corrected chi connectivity index (χ2v) is 4.43. The molecule has 0 aliphatic carbocycles. The van der Waals surface area contributed by atoms with Crippen LogP contribution in [-0.2, 0) is 0 Å². The second-order valence-electron chi connectivity index (χ2n) is 4.43. The van der Waals surface area contributed by atoms with Gasteiger partial charge in [0.15, 0.2) is 43.2 Å². The molecule has 0 heterocycles. The van der Waals surface area contributed by atoms with Crippen molar-refractivity contribution in [3.8, 4) is 0 Å². The van der Waals surface area contributed by atoms with Crippen LogP contribution in [-0.4, -0.2) is 67.0 Å². The molecule has 0 radical (unpaired) electrons. The maximum Gasteiger partial charge on any atom is 0.387 e. The van der Waals surface area contributed by atoms with Gasteiger partial charge in [-0.3, -0.25) is 0 Å². The molecular weight excluding hydrogens is 364 g/mol. The van der Waals surface area contributed by atoms with E-state index in [2.05, 4.69) is 0 Å². The molecule has 0 saturated carbocycles. The van der Waals surface area contributed by atoms with Gasteiger partial charge in [0.1, 0.15) is 0 Å². The maximum atomic E-state index is 13.1. The average molecular weight is 374 g/mol. The molecule has 0 spiro atoms. The first-order chi connectivity index (χ1) is 10.2. The van der Waals surface area contributed by atoms with Crippen molar-refractivity contribution in [2.45, 2.75) is 61.9 Å². The van der Waals surface area contributed by atoms with Gasteiger partial charge in [-0.15, -0.1) is 0 Å². The summed E-state index contributed by atoms with van der Waals surface area (Å²) in [6.45, 7) is 0. The number of hydrogen-bond acceptors (Lipinski definition) is 1. The summed E-state index contributed by atoms with van der Waals surface area (Å²) >= 11 is 0. The van der Waals surface area contributed by atoms with Crippen molar-refractivity contribution in [3.63, 3.8) is 0 Å². The maximum absolute atomic E-state index is 13.1. The van der Waals surface area contributed by atoms with Crippen LogP contribution < -0.4 is 0 Å². The normalized spacial score (nSPS) is 23.7. The van der Waals surface area contributed by atoms with Crippen LogP contribution in [0, 0.1) is 0 Å². The van der Waals surface area contributed by atoms with E-state index in [1.54, 1.807) is 0 Å². The molecule has 1 nitrogen and oxygen atoms in total. The highest BCUT2D eigenvalue weighted by Crippen LogP contribution is 2.31. The Bertz CT molecular complexity index is 349. The van der Waals surface area contributed by atoms with Crippen LogP contribution in [0.25, 0.3) is 0 Å². The molecule has 0 fully saturated rings. The zero-order valence-electron chi connectivity index (χ0n) is 10.7. The Morgan fingerprint density at radius 1 is 0.478 bits per heavy atom. The topological polar surface area (TPSA) is 20.2 Å². The monoisotopic (exact) mass is 374 g/mol. The second kappa shape index (κ2) is 8.29. The van der Waals surface area contributed by atoms with Gasteiger partial charge in [0.05, 0.1) is 0 Å². The van der Waals surface area contributed by atoms with E-state index in [9.17, 15) is 52.7 Å². The Morgan fingerprint density at radius 3 is 1.00 bits per heavy atom. The molecule has 23 heavy (non-hydrogen) atoms. The van der Waals surface area contributed by atoms with Crippen molar-refractivity contribution in [1.82, 2.24) is 0 Å². The zero-order valence-corrected chi connectivity index (χ0v) is 10.7. The molecule has 8 unspecified atom stereocenters. The van der Waals surface area contributed by atoms with E-state index in [1.165, 1.54) is 0 Å². The lowest BCUT2D eigenvalue weighted by Gasteiger charge is -2.27. The van der Waals surface area contributed by atoms with Crippen LogP contribution in [0.15, 0.2) is 0 Å². The van der Waals surface area contributed by atoms with Crippen molar-refractivity contribution >= 4 is 0 Å². The molecule has 0 aromatic heterocycles. The molecular formula is C10H10F12O. The molecule has 0 aromatic rings. The van der Waals surface area contributed by atoms with Crippen LogP contribution in [0.3, 0.4) is 0 Å². The smallest absolute Gasteiger partial charge is 0.334 e. The molecule has 8 atom stereocenters. The Kier molecular flexibility index (Phi) is 7.97. The lowest BCUT2D eigenvalue weighted by Crippen LogP contribution is -2.50. The molecule has 13 heteroatoms. The Balaban J connectivity index is 4.96. The minimum atomic E-state index is -5.49. The van der Waals surface area contributed by atoms with Gasteiger partial charge in [-0.2, -0.15) is 8.78 Å². The van der Waals surface area contributed by atoms with Crippen LogP contribution in [0.5, 0.6) is 0 Å². The van der Waals surface area contributed by atoms with Gasteiger partial charge in [0.25, 0.3) is 6.43 Å². The van der Waals surface area contributed by atoms with Gasteiger partial charge in [-0.05, 0) is 0 Å². The molecule has 1 N–H and O–H groups in total. The van der Waals surface area contributed by atoms with Crippen LogP contribution in [0.1, 0.15) is 0 Å². The van der Waals surface area contributed by atoms with Gasteiger partial charge in [0, 0.05) is 0 Å². The van der Waals surface area contributed by atoms with Crippen molar-refractivity contribution in [3.05, 3.63) is 0 Å². The predicted molar refractivity (Wildman–Crippen MR) is 52.3 cm³/mol. The highest BCUT2D eigenvalue weighted by atomic mass is 19.3. The van der Waals surface area contributed by atoms with Crippen molar-refractivity contribution in [2.24, 2.45) is 0 Å². The summed E-state index contributed by atoms with van der Waals surface area (Å²) in [6, 6.07) is 0. The standard InChI is InChI=1S/C10H10F12O/c11-1(3(13)5(15)7(17)9(19)20)2(12)4(14)6(16)8(18)10(21,22)23/h1-9,23H. The van der Waals surface area contributed by atoms with Crippen molar-refractivity contribution in [1.29, 1.82) is 0 Å². The zero-order chi connectivity index (χ0) is 18.7. The molecule has 0 aliphatic rings. The van der Waals surface area contributed by atoms with E-state index in [-0.39, 0.29) is 0 Å². The summed E-state index contributed by atoms with van der Waals surface area (Å²) in [4.78, 5) is 0. The third kappa shape index (κ3) is 5.60. The van der Waals surface area contributed by atoms with E-state index in [0.29, 0.717) is 0 Å². The van der Waals surface area contributed by atoms with Crippen LogP contribution in [0.2, 0.25) is 0 Å². The molecule has 0 amide bonds. The highest BCUT2D eigenvalue weighted by molar-refractivity contribution is 4.94. The number of hydrogen-bond donors (Lipinski definition) is 1. The largest absolute Gasteiger partial charge is 0.387 e. The summed E-state index contributed by atoms with van der Waals surface area (Å²) in [5, 5.41) is 7.76. The lowest BCUT2D eigenvalue weighted by atomic mass is 9.98. The van der Waals surface area contributed by atoms with Gasteiger partial charge < -0.3 is 5.11 Å². The summed E-state index contributed by atoms with van der Waals surface area (Å²) < 4.78 is 150. The third-order valence-corrected chi connectivity index (χ3v) is 2.68. The quantitative estimate of drug-likeness (QED) is 0.613. The molecule has 140 valence electrons. The van der Waals surface area contributed by atoms with Crippen molar-refractivity contribution < 1.29 is 57.8 Å². The van der Waals surface area contributed by atoms with Gasteiger partial charge >= 0.3 is 6.11 Å². The first-order valence-corrected chi connectivity index (χ1v) is 5.74. The Labute approximate surface area is 121 Å². The number of aliphatic hydroxyl groups is 1. The first kappa shape index (κ1) is 22.1. The molecule has 0 bridgehead atoms. The average Bonchev–Trinajstić information content (AvgIpc) is 2.47. The van der Waals surface area contributed by atoms with Gasteiger partial charge in [0.2, 0.25) is 6.17 Å². The van der Waals surface area contributed by atoms with E-state index in [4.69, 9.17) is 5.11 Å². The summed E-state index contributed by atoms with van der Waals surface area (Å²) in [5.74, 6) is 0. The third-order valence-electron chi connectivity index (χ3n) is 2.68. The van der Waals surface area contributed by atoms with Crippen LogP contribution in [0.4, 0.5) is 52.7 Å². The number of alkyl halides is 12. The first-order valence-electron chi connectivity index (χ1n) is 5.74. The number of halogens is 12. The van der Waals surface area contributed by atoms with Gasteiger partial charge in [-0.25, -0.2) is 43.9 Å². The number of rotatable bonds is 9. The highest BCUT2D eigenvalue weighted by Gasteiger charge is 2.53. The Hall–Kier alpha value is -0.880. The lowest BCUT2D eigenvalue weighted by molar-refractivity contribution is -0.258. The van der Waals surface area contributed by atoms with E-state index < -0.39 is 61.9 Å². The van der Waals surface area contributed by atoms with Gasteiger partial charge in [-0.1, -0.05) is 0 Å². The minimum absolute atomic E-state index is 3.93. The Morgan fingerprint density at radius 2 is 0.739 bits per heavy atom. The predicted octanol–water partition coefficient (Wildman–Crippen LogP) is 3.54.